The molecule has 82 valence electrons. The van der Waals surface area contributed by atoms with E-state index in [2.05, 4.69) is 15.9 Å². The molecule has 0 radical (unpaired) electrons. The molecule has 0 aromatic heterocycles. The Kier molecular flexibility index (Phi) is 3.68. The van der Waals surface area contributed by atoms with Crippen molar-refractivity contribution in [3.05, 3.63) is 34.1 Å². The van der Waals surface area contributed by atoms with Gasteiger partial charge in [0.1, 0.15) is 5.82 Å². The molecule has 1 fully saturated rings. The van der Waals surface area contributed by atoms with E-state index in [4.69, 9.17) is 11.6 Å². The van der Waals surface area contributed by atoms with Gasteiger partial charge in [-0.2, -0.15) is 0 Å². The van der Waals surface area contributed by atoms with Crippen molar-refractivity contribution in [3.63, 3.8) is 0 Å². The highest BCUT2D eigenvalue weighted by Gasteiger charge is 2.29. The first-order valence-electron chi connectivity index (χ1n) is 5.25. The van der Waals surface area contributed by atoms with E-state index < -0.39 is 0 Å². The van der Waals surface area contributed by atoms with Crippen LogP contribution in [0.5, 0.6) is 0 Å². The van der Waals surface area contributed by atoms with E-state index in [0.29, 0.717) is 10.4 Å². The summed E-state index contributed by atoms with van der Waals surface area (Å²) < 4.78 is 13.8. The Morgan fingerprint density at radius 3 is 2.87 bits per heavy atom. The molecular formula is C12H13BrClF. The summed E-state index contributed by atoms with van der Waals surface area (Å²) in [4.78, 5) is 0. The number of halogens is 3. The number of aryl methyl sites for hydroxylation is 1. The number of alkyl halides is 1. The molecule has 1 saturated carbocycles. The van der Waals surface area contributed by atoms with Gasteiger partial charge in [-0.1, -0.05) is 12.1 Å². The Labute approximate surface area is 103 Å². The van der Waals surface area contributed by atoms with Crippen molar-refractivity contribution in [1.82, 2.24) is 0 Å². The molecule has 1 aliphatic rings. The van der Waals surface area contributed by atoms with E-state index in [0.717, 1.165) is 18.4 Å². The molecule has 0 heterocycles. The highest BCUT2D eigenvalue weighted by Crippen LogP contribution is 2.38. The van der Waals surface area contributed by atoms with E-state index in [1.165, 1.54) is 18.9 Å². The second-order valence-corrected chi connectivity index (χ2v) is 5.46. The highest BCUT2D eigenvalue weighted by atomic mass is 79.9. The van der Waals surface area contributed by atoms with Crippen molar-refractivity contribution >= 4 is 27.5 Å². The average molecular weight is 292 g/mol. The Morgan fingerprint density at radius 2 is 2.20 bits per heavy atom. The third-order valence-electron chi connectivity index (χ3n) is 2.85. The van der Waals surface area contributed by atoms with Crippen molar-refractivity contribution in [2.24, 2.45) is 5.92 Å². The van der Waals surface area contributed by atoms with E-state index >= 15 is 0 Å². The van der Waals surface area contributed by atoms with E-state index in [1.807, 2.05) is 6.07 Å². The molecule has 0 aliphatic heterocycles. The van der Waals surface area contributed by atoms with Crippen molar-refractivity contribution in [2.75, 3.05) is 0 Å². The molecule has 0 spiro atoms. The average Bonchev–Trinajstić information content (AvgIpc) is 3.03. The summed E-state index contributed by atoms with van der Waals surface area (Å²) in [6.07, 6.45) is 4.31. The van der Waals surface area contributed by atoms with Crippen LogP contribution in [0.25, 0.3) is 0 Å². The lowest BCUT2D eigenvalue weighted by Crippen LogP contribution is -2.03. The van der Waals surface area contributed by atoms with Gasteiger partial charge in [0, 0.05) is 5.38 Å². The maximum absolute atomic E-state index is 13.2. The summed E-state index contributed by atoms with van der Waals surface area (Å²) in [6.45, 7) is 0. The van der Waals surface area contributed by atoms with Crippen LogP contribution in [0, 0.1) is 11.7 Å². The maximum atomic E-state index is 13.2. The minimum Gasteiger partial charge on any atom is -0.206 e. The van der Waals surface area contributed by atoms with Gasteiger partial charge in [0.05, 0.1) is 4.47 Å². The Morgan fingerprint density at radius 1 is 1.47 bits per heavy atom. The molecule has 2 rings (SSSR count). The fourth-order valence-corrected chi connectivity index (χ4v) is 2.55. The molecule has 0 nitrogen and oxygen atoms in total. The van der Waals surface area contributed by atoms with Crippen LogP contribution in [0.15, 0.2) is 22.7 Å². The Hall–Kier alpha value is -0.0800. The molecule has 1 aromatic rings. The van der Waals surface area contributed by atoms with E-state index in [9.17, 15) is 4.39 Å². The minimum atomic E-state index is -0.190. The molecule has 1 unspecified atom stereocenters. The van der Waals surface area contributed by atoms with Crippen LogP contribution < -0.4 is 0 Å². The predicted octanol–water partition coefficient (Wildman–Crippen LogP) is 4.54. The second kappa shape index (κ2) is 4.84. The molecule has 1 atom stereocenters. The lowest BCUT2D eigenvalue weighted by atomic mass is 10.1. The second-order valence-electron chi connectivity index (χ2n) is 4.11. The van der Waals surface area contributed by atoms with Crippen molar-refractivity contribution < 1.29 is 4.39 Å². The molecule has 3 heteroatoms. The first-order chi connectivity index (χ1) is 7.18. The summed E-state index contributed by atoms with van der Waals surface area (Å²) >= 11 is 9.48. The third kappa shape index (κ3) is 2.94. The zero-order chi connectivity index (χ0) is 10.8. The van der Waals surface area contributed by atoms with Gasteiger partial charge >= 0.3 is 0 Å². The van der Waals surface area contributed by atoms with Gasteiger partial charge in [-0.3, -0.25) is 0 Å². The van der Waals surface area contributed by atoms with Gasteiger partial charge in [-0.05, 0) is 59.2 Å². The maximum Gasteiger partial charge on any atom is 0.137 e. The zero-order valence-corrected chi connectivity index (χ0v) is 10.7. The molecule has 1 aromatic carbocycles. The molecule has 0 N–H and O–H groups in total. The number of hydrogen-bond donors (Lipinski definition) is 0. The molecule has 1 aliphatic carbocycles. The predicted molar refractivity (Wildman–Crippen MR) is 64.8 cm³/mol. The quantitative estimate of drug-likeness (QED) is 0.715. The van der Waals surface area contributed by atoms with Gasteiger partial charge in [-0.15, -0.1) is 11.6 Å². The Balaban J connectivity index is 1.95. The summed E-state index contributed by atoms with van der Waals surface area (Å²) in [5, 5.41) is 0.264. The summed E-state index contributed by atoms with van der Waals surface area (Å²) in [5.74, 6) is 0.518. The fourth-order valence-electron chi connectivity index (χ4n) is 1.73. The van der Waals surface area contributed by atoms with Gasteiger partial charge in [0.2, 0.25) is 0 Å². The topological polar surface area (TPSA) is 0 Å². The van der Waals surface area contributed by atoms with Gasteiger partial charge in [-0.25, -0.2) is 4.39 Å². The normalized spacial score (nSPS) is 17.8. The Bertz CT molecular complexity index is 349. The largest absolute Gasteiger partial charge is 0.206 e. The van der Waals surface area contributed by atoms with Crippen LogP contribution in [0.4, 0.5) is 4.39 Å². The molecule has 0 bridgehead atoms. The molecule has 0 amide bonds. The monoisotopic (exact) mass is 290 g/mol. The van der Waals surface area contributed by atoms with Crippen molar-refractivity contribution in [3.8, 4) is 0 Å². The summed E-state index contributed by atoms with van der Waals surface area (Å²) in [5.41, 5.74) is 1.02. The van der Waals surface area contributed by atoms with Crippen LogP contribution in [-0.2, 0) is 6.42 Å². The number of rotatable bonds is 4. The van der Waals surface area contributed by atoms with Crippen LogP contribution in [0.2, 0.25) is 0 Å². The molecule has 0 saturated heterocycles. The lowest BCUT2D eigenvalue weighted by molar-refractivity contribution is 0.614. The van der Waals surface area contributed by atoms with E-state index in [1.54, 1.807) is 6.07 Å². The SMILES string of the molecule is Fc1cccc(CCC(Cl)C2CC2)c1Br. The summed E-state index contributed by atoms with van der Waals surface area (Å²) in [7, 11) is 0. The first kappa shape index (κ1) is 11.4. The van der Waals surface area contributed by atoms with Gasteiger partial charge < -0.3 is 0 Å². The van der Waals surface area contributed by atoms with Crippen molar-refractivity contribution in [2.45, 2.75) is 31.1 Å². The zero-order valence-electron chi connectivity index (χ0n) is 8.35. The highest BCUT2D eigenvalue weighted by molar-refractivity contribution is 9.10. The number of hydrogen-bond acceptors (Lipinski definition) is 0. The van der Waals surface area contributed by atoms with Crippen LogP contribution in [-0.4, -0.2) is 5.38 Å². The molecule has 15 heavy (non-hydrogen) atoms. The number of benzene rings is 1. The first-order valence-corrected chi connectivity index (χ1v) is 6.48. The van der Waals surface area contributed by atoms with Crippen LogP contribution >= 0.6 is 27.5 Å². The fraction of sp³-hybridized carbons (Fsp3) is 0.500. The third-order valence-corrected chi connectivity index (χ3v) is 4.32. The standard InChI is InChI=1S/C12H13BrClF/c13-12-9(2-1-3-11(12)15)6-7-10(14)8-4-5-8/h1-3,8,10H,4-7H2. The lowest BCUT2D eigenvalue weighted by Gasteiger charge is -2.09. The smallest absolute Gasteiger partial charge is 0.137 e. The summed E-state index contributed by atoms with van der Waals surface area (Å²) in [6, 6.07) is 5.16. The van der Waals surface area contributed by atoms with E-state index in [-0.39, 0.29) is 11.2 Å². The van der Waals surface area contributed by atoms with Gasteiger partial charge in [0.25, 0.3) is 0 Å². The minimum absolute atomic E-state index is 0.190. The van der Waals surface area contributed by atoms with Gasteiger partial charge in [0.15, 0.2) is 0 Å². The van der Waals surface area contributed by atoms with Crippen LogP contribution in [0.1, 0.15) is 24.8 Å². The van der Waals surface area contributed by atoms with Crippen molar-refractivity contribution in [1.29, 1.82) is 0 Å². The molecular weight excluding hydrogens is 278 g/mol. The van der Waals surface area contributed by atoms with Crippen LogP contribution in [0.3, 0.4) is 0 Å².